The van der Waals surface area contributed by atoms with Crippen LogP contribution in [-0.2, 0) is 9.53 Å². The lowest BCUT2D eigenvalue weighted by atomic mass is 9.79. The van der Waals surface area contributed by atoms with E-state index in [1.54, 1.807) is 11.8 Å². The number of rotatable bonds is 5. The summed E-state index contributed by atoms with van der Waals surface area (Å²) in [6.45, 7) is 1.76. The molecule has 0 unspecified atom stereocenters. The summed E-state index contributed by atoms with van der Waals surface area (Å²) in [6.07, 6.45) is 3.19. The Labute approximate surface area is 106 Å². The van der Waals surface area contributed by atoms with Gasteiger partial charge in [-0.2, -0.15) is 11.8 Å². The third-order valence-corrected chi connectivity index (χ3v) is 3.85. The van der Waals surface area contributed by atoms with Gasteiger partial charge >= 0.3 is 0 Å². The second-order valence-electron chi connectivity index (χ2n) is 3.81. The zero-order chi connectivity index (χ0) is 12.0. The molecule has 6 heteroatoms. The monoisotopic (exact) mass is 262 g/mol. The van der Waals surface area contributed by atoms with E-state index in [9.17, 15) is 4.79 Å². The number of amides is 1. The molecule has 1 rings (SSSR count). The fourth-order valence-electron chi connectivity index (χ4n) is 1.74. The first kappa shape index (κ1) is 13.7. The quantitative estimate of drug-likeness (QED) is 0.559. The van der Waals surface area contributed by atoms with Crippen LogP contribution >= 0.6 is 24.0 Å². The minimum absolute atomic E-state index is 0.0441. The van der Waals surface area contributed by atoms with Gasteiger partial charge in [-0.3, -0.25) is 4.79 Å². The second kappa shape index (κ2) is 6.42. The van der Waals surface area contributed by atoms with Crippen LogP contribution in [-0.4, -0.2) is 42.7 Å². The van der Waals surface area contributed by atoms with Gasteiger partial charge in [0, 0.05) is 25.5 Å². The van der Waals surface area contributed by atoms with Crippen LogP contribution in [0.25, 0.3) is 0 Å². The van der Waals surface area contributed by atoms with Gasteiger partial charge < -0.3 is 15.8 Å². The molecule has 16 heavy (non-hydrogen) atoms. The third kappa shape index (κ3) is 3.09. The van der Waals surface area contributed by atoms with Crippen molar-refractivity contribution in [2.75, 3.05) is 31.8 Å². The van der Waals surface area contributed by atoms with E-state index in [0.717, 1.165) is 5.75 Å². The molecular formula is C10H18N2O2S2. The molecular weight excluding hydrogens is 244 g/mol. The van der Waals surface area contributed by atoms with Crippen LogP contribution in [0.3, 0.4) is 0 Å². The van der Waals surface area contributed by atoms with Crippen LogP contribution < -0.4 is 11.1 Å². The Morgan fingerprint density at radius 2 is 2.19 bits per heavy atom. The van der Waals surface area contributed by atoms with E-state index in [4.69, 9.17) is 22.7 Å². The molecule has 0 saturated carbocycles. The molecule has 0 radical (unpaired) electrons. The Kier molecular flexibility index (Phi) is 5.51. The van der Waals surface area contributed by atoms with Crippen LogP contribution in [0.2, 0.25) is 0 Å². The van der Waals surface area contributed by atoms with Crippen molar-refractivity contribution in [2.24, 2.45) is 11.1 Å². The minimum atomic E-state index is -0.689. The highest BCUT2D eigenvalue weighted by Crippen LogP contribution is 2.31. The van der Waals surface area contributed by atoms with Crippen LogP contribution in [0.1, 0.15) is 12.8 Å². The summed E-state index contributed by atoms with van der Waals surface area (Å²) < 4.78 is 5.25. The van der Waals surface area contributed by atoms with Gasteiger partial charge in [-0.25, -0.2) is 0 Å². The van der Waals surface area contributed by atoms with Gasteiger partial charge in [-0.1, -0.05) is 12.2 Å². The van der Waals surface area contributed by atoms with Gasteiger partial charge in [0.05, 0.1) is 4.99 Å². The van der Waals surface area contributed by atoms with Gasteiger partial charge in [0.15, 0.2) is 0 Å². The van der Waals surface area contributed by atoms with Crippen molar-refractivity contribution in [3.8, 4) is 0 Å². The predicted molar refractivity (Wildman–Crippen MR) is 70.7 cm³/mol. The largest absolute Gasteiger partial charge is 0.392 e. The van der Waals surface area contributed by atoms with Gasteiger partial charge in [-0.05, 0) is 19.1 Å². The van der Waals surface area contributed by atoms with Gasteiger partial charge in [0.25, 0.3) is 0 Å². The number of ether oxygens (including phenoxy) is 1. The van der Waals surface area contributed by atoms with Gasteiger partial charge in [-0.15, -0.1) is 0 Å². The predicted octanol–water partition coefficient (Wildman–Crippen LogP) is 0.548. The zero-order valence-corrected chi connectivity index (χ0v) is 11.1. The van der Waals surface area contributed by atoms with Crippen LogP contribution in [0.4, 0.5) is 0 Å². The summed E-state index contributed by atoms with van der Waals surface area (Å²) in [5.41, 5.74) is 5.03. The number of thioether (sulfide) groups is 1. The number of thiocarbonyl (C=S) groups is 1. The summed E-state index contributed by atoms with van der Waals surface area (Å²) in [5.74, 6) is 0.854. The first-order valence-corrected chi connectivity index (χ1v) is 7.08. The van der Waals surface area contributed by atoms with Gasteiger partial charge in [0.2, 0.25) is 5.91 Å². The maximum Gasteiger partial charge on any atom is 0.233 e. The van der Waals surface area contributed by atoms with Crippen LogP contribution in [0.15, 0.2) is 0 Å². The summed E-state index contributed by atoms with van der Waals surface area (Å²) in [4.78, 5) is 12.4. The summed E-state index contributed by atoms with van der Waals surface area (Å²) in [5, 5.41) is 2.89. The van der Waals surface area contributed by atoms with E-state index in [2.05, 4.69) is 5.32 Å². The number of carbonyl (C=O) groups excluding carboxylic acids is 1. The lowest BCUT2D eigenvalue weighted by molar-refractivity contribution is -0.131. The number of hydrogen-bond acceptors (Lipinski definition) is 4. The minimum Gasteiger partial charge on any atom is -0.392 e. The molecule has 1 heterocycles. The molecule has 0 atom stereocenters. The van der Waals surface area contributed by atoms with E-state index < -0.39 is 5.41 Å². The maximum absolute atomic E-state index is 12.1. The Morgan fingerprint density at radius 1 is 1.56 bits per heavy atom. The first-order valence-electron chi connectivity index (χ1n) is 5.28. The molecule has 0 aromatic rings. The number of nitrogens with two attached hydrogens (primary N) is 1. The molecule has 1 aliphatic heterocycles. The van der Waals surface area contributed by atoms with E-state index in [1.807, 2.05) is 6.26 Å². The van der Waals surface area contributed by atoms with E-state index >= 15 is 0 Å². The Balaban J connectivity index is 2.61. The van der Waals surface area contributed by atoms with Crippen LogP contribution in [0.5, 0.6) is 0 Å². The summed E-state index contributed by atoms with van der Waals surface area (Å²) in [6, 6.07) is 0. The highest BCUT2D eigenvalue weighted by Gasteiger charge is 2.42. The Morgan fingerprint density at radius 3 is 2.69 bits per heavy atom. The molecule has 1 saturated heterocycles. The van der Waals surface area contributed by atoms with Crippen molar-refractivity contribution < 1.29 is 9.53 Å². The topological polar surface area (TPSA) is 64.4 Å². The molecule has 0 aliphatic carbocycles. The molecule has 3 N–H and O–H groups in total. The fraction of sp³-hybridized carbons (Fsp3) is 0.800. The molecule has 0 bridgehead atoms. The standard InChI is InChI=1S/C10H18N2O2S2/c1-16-7-4-12-9(13)10(8(11)15)2-5-14-6-3-10/h2-7H2,1H3,(H2,11,15)(H,12,13). The lowest BCUT2D eigenvalue weighted by Crippen LogP contribution is -2.52. The van der Waals surface area contributed by atoms with Crippen molar-refractivity contribution in [3.63, 3.8) is 0 Å². The summed E-state index contributed by atoms with van der Waals surface area (Å²) >= 11 is 6.73. The van der Waals surface area contributed by atoms with E-state index in [1.165, 1.54) is 0 Å². The normalized spacial score (nSPS) is 19.1. The molecule has 4 nitrogen and oxygen atoms in total. The highest BCUT2D eigenvalue weighted by molar-refractivity contribution is 7.98. The Hall–Kier alpha value is -0.330. The van der Waals surface area contributed by atoms with E-state index in [0.29, 0.717) is 32.6 Å². The second-order valence-corrected chi connectivity index (χ2v) is 5.23. The van der Waals surface area contributed by atoms with Crippen molar-refractivity contribution in [3.05, 3.63) is 0 Å². The Bertz CT molecular complexity index is 266. The molecule has 0 aromatic heterocycles. The first-order chi connectivity index (χ1) is 7.63. The SMILES string of the molecule is CSCCNC(=O)C1(C(N)=S)CCOCC1. The van der Waals surface area contributed by atoms with Crippen molar-refractivity contribution in [2.45, 2.75) is 12.8 Å². The number of carbonyl (C=O) groups is 1. The smallest absolute Gasteiger partial charge is 0.233 e. The zero-order valence-electron chi connectivity index (χ0n) is 9.45. The molecule has 0 aromatic carbocycles. The maximum atomic E-state index is 12.1. The molecule has 0 spiro atoms. The number of hydrogen-bond donors (Lipinski definition) is 2. The average molecular weight is 262 g/mol. The van der Waals surface area contributed by atoms with Crippen molar-refractivity contribution >= 4 is 34.9 Å². The van der Waals surface area contributed by atoms with Crippen LogP contribution in [0, 0.1) is 5.41 Å². The fourth-order valence-corrected chi connectivity index (χ4v) is 2.34. The molecule has 1 fully saturated rings. The molecule has 92 valence electrons. The van der Waals surface area contributed by atoms with Crippen molar-refractivity contribution in [1.29, 1.82) is 0 Å². The number of nitrogens with one attached hydrogen (secondary N) is 1. The van der Waals surface area contributed by atoms with Gasteiger partial charge in [0.1, 0.15) is 5.41 Å². The lowest BCUT2D eigenvalue weighted by Gasteiger charge is -2.34. The third-order valence-electron chi connectivity index (χ3n) is 2.84. The summed E-state index contributed by atoms with van der Waals surface area (Å²) in [7, 11) is 0. The van der Waals surface area contributed by atoms with Crippen molar-refractivity contribution in [1.82, 2.24) is 5.32 Å². The average Bonchev–Trinajstić information content (AvgIpc) is 2.30. The molecule has 1 amide bonds. The highest BCUT2D eigenvalue weighted by atomic mass is 32.2. The molecule has 1 aliphatic rings. The van der Waals surface area contributed by atoms with E-state index in [-0.39, 0.29) is 10.9 Å².